The number of hydrogen-bond donors (Lipinski definition) is 0. The Morgan fingerprint density at radius 1 is 0.424 bits per heavy atom. The summed E-state index contributed by atoms with van der Waals surface area (Å²) >= 11 is 0. The molecule has 0 aliphatic heterocycles. The molecule has 0 amide bonds. The third kappa shape index (κ3) is 5.04. The molecule has 0 heterocycles. The van der Waals surface area contributed by atoms with Gasteiger partial charge in [0.25, 0.3) is 0 Å². The van der Waals surface area contributed by atoms with Crippen molar-refractivity contribution in [1.29, 1.82) is 0 Å². The number of rotatable bonds is 7. The van der Waals surface area contributed by atoms with Crippen LogP contribution in [0.2, 0.25) is 0 Å². The van der Waals surface area contributed by atoms with Crippen LogP contribution in [0, 0.1) is 0 Å². The molecule has 0 saturated heterocycles. The smallest absolute Gasteiger partial charge is 0.0731 e. The van der Waals surface area contributed by atoms with Crippen LogP contribution in [0.15, 0.2) is 219 Å². The van der Waals surface area contributed by atoms with Crippen LogP contribution in [-0.4, -0.2) is 0 Å². The maximum absolute atomic E-state index is 4.08. The lowest BCUT2D eigenvalue weighted by Crippen LogP contribution is -2.26. The molecular weight excluding hydrogens is 711 g/mol. The van der Waals surface area contributed by atoms with Gasteiger partial charge in [-0.15, -0.1) is 0 Å². The third-order valence-electron chi connectivity index (χ3n) is 13.1. The van der Waals surface area contributed by atoms with Crippen molar-refractivity contribution >= 4 is 28.2 Å². The molecule has 3 aliphatic carbocycles. The van der Waals surface area contributed by atoms with Gasteiger partial charge in [-0.25, -0.2) is 0 Å². The lowest BCUT2D eigenvalue weighted by atomic mass is 9.68. The first kappa shape index (κ1) is 35.0. The zero-order valence-electron chi connectivity index (χ0n) is 33.4. The molecule has 0 bridgehead atoms. The highest BCUT2D eigenvalue weighted by Gasteiger charge is 2.52. The van der Waals surface area contributed by atoms with Gasteiger partial charge < -0.3 is 4.90 Å². The highest BCUT2D eigenvalue weighted by molar-refractivity contribution is 6.12. The first-order valence-electron chi connectivity index (χ1n) is 20.6. The molecule has 0 fully saturated rings. The summed E-state index contributed by atoms with van der Waals surface area (Å²) in [6, 6.07) is 71.9. The van der Waals surface area contributed by atoms with Crippen LogP contribution >= 0.6 is 0 Å². The second-order valence-corrected chi connectivity index (χ2v) is 16.4. The van der Waals surface area contributed by atoms with E-state index in [-0.39, 0.29) is 5.41 Å². The summed E-state index contributed by atoms with van der Waals surface area (Å²) in [5.74, 6) is 0. The molecule has 11 rings (SSSR count). The lowest BCUT2D eigenvalue weighted by molar-refractivity contribution is 0.660. The predicted molar refractivity (Wildman–Crippen MR) is 248 cm³/mol. The molecule has 8 aromatic rings. The van der Waals surface area contributed by atoms with Crippen LogP contribution in [0.25, 0.3) is 44.5 Å². The molecule has 0 saturated carbocycles. The molecule has 0 atom stereocenters. The van der Waals surface area contributed by atoms with Gasteiger partial charge in [0, 0.05) is 22.4 Å². The highest BCUT2D eigenvalue weighted by atomic mass is 15.1. The number of hydrogen-bond acceptors (Lipinski definition) is 1. The topological polar surface area (TPSA) is 3.24 Å². The molecule has 0 N–H and O–H groups in total. The Morgan fingerprint density at radius 2 is 0.915 bits per heavy atom. The van der Waals surface area contributed by atoms with E-state index in [0.717, 1.165) is 17.1 Å². The third-order valence-corrected chi connectivity index (χ3v) is 13.1. The van der Waals surface area contributed by atoms with Crippen LogP contribution in [0.1, 0.15) is 52.8 Å². The fourth-order valence-electron chi connectivity index (χ4n) is 10.6. The maximum atomic E-state index is 4.08. The van der Waals surface area contributed by atoms with Crippen molar-refractivity contribution in [2.24, 2.45) is 0 Å². The molecule has 3 aliphatic rings. The summed E-state index contributed by atoms with van der Waals surface area (Å²) in [5, 5.41) is 0. The molecule has 280 valence electrons. The fraction of sp³-hybridized carbons (Fsp3) is 0.0690. The molecule has 0 unspecified atom stereocenters. The minimum absolute atomic E-state index is 0.127. The molecule has 1 nitrogen and oxygen atoms in total. The van der Waals surface area contributed by atoms with E-state index in [4.69, 9.17) is 0 Å². The minimum Gasteiger partial charge on any atom is -0.310 e. The second kappa shape index (κ2) is 13.4. The molecule has 1 heteroatoms. The molecular formula is C58H43N. The SMILES string of the molecule is C=C/C=C\C1=C(c2ccc(N(c3ccc4c(c3)C(C)(C)c3ccccc3-4)c3ccccc3-c3ccccc3)cc2)C2(c3ccccc31)c1ccccc1-c1ccccc12. The van der Waals surface area contributed by atoms with Crippen LogP contribution < -0.4 is 4.90 Å². The summed E-state index contributed by atoms with van der Waals surface area (Å²) in [7, 11) is 0. The Morgan fingerprint density at radius 3 is 1.56 bits per heavy atom. The maximum Gasteiger partial charge on any atom is 0.0731 e. The lowest BCUT2D eigenvalue weighted by Gasteiger charge is -2.33. The number of allylic oxidation sites excluding steroid dienone is 5. The molecule has 0 aromatic heterocycles. The zero-order valence-corrected chi connectivity index (χ0v) is 33.4. The normalized spacial score (nSPS) is 14.8. The zero-order chi connectivity index (χ0) is 39.7. The van der Waals surface area contributed by atoms with Crippen LogP contribution in [-0.2, 0) is 10.8 Å². The van der Waals surface area contributed by atoms with Crippen molar-refractivity contribution < 1.29 is 0 Å². The van der Waals surface area contributed by atoms with E-state index in [9.17, 15) is 0 Å². The average molecular weight is 754 g/mol. The van der Waals surface area contributed by atoms with Crippen molar-refractivity contribution in [3.05, 3.63) is 258 Å². The van der Waals surface area contributed by atoms with E-state index in [1.54, 1.807) is 0 Å². The summed E-state index contributed by atoms with van der Waals surface area (Å²) < 4.78 is 0. The molecule has 0 radical (unpaired) electrons. The predicted octanol–water partition coefficient (Wildman–Crippen LogP) is 15.1. The van der Waals surface area contributed by atoms with Crippen LogP contribution in [0.3, 0.4) is 0 Å². The van der Waals surface area contributed by atoms with Crippen molar-refractivity contribution in [3.63, 3.8) is 0 Å². The first-order chi connectivity index (χ1) is 29.0. The van der Waals surface area contributed by atoms with E-state index in [1.807, 2.05) is 6.08 Å². The number of anilines is 3. The van der Waals surface area contributed by atoms with Gasteiger partial charge in [0.2, 0.25) is 0 Å². The van der Waals surface area contributed by atoms with Crippen LogP contribution in [0.5, 0.6) is 0 Å². The summed E-state index contributed by atoms with van der Waals surface area (Å²) in [5.41, 5.74) is 22.1. The number of para-hydroxylation sites is 1. The van der Waals surface area contributed by atoms with Gasteiger partial charge in [-0.2, -0.15) is 0 Å². The van der Waals surface area contributed by atoms with Crippen LogP contribution in [0.4, 0.5) is 17.1 Å². The van der Waals surface area contributed by atoms with Gasteiger partial charge in [-0.1, -0.05) is 202 Å². The molecule has 59 heavy (non-hydrogen) atoms. The number of nitrogens with zero attached hydrogens (tertiary/aromatic N) is 1. The molecule has 1 spiro atoms. The Balaban J connectivity index is 1.13. The van der Waals surface area contributed by atoms with Crippen molar-refractivity contribution in [3.8, 4) is 33.4 Å². The Labute approximate surface area is 347 Å². The largest absolute Gasteiger partial charge is 0.310 e. The second-order valence-electron chi connectivity index (χ2n) is 16.4. The fourth-order valence-corrected chi connectivity index (χ4v) is 10.6. The quantitative estimate of drug-likeness (QED) is 0.147. The summed E-state index contributed by atoms with van der Waals surface area (Å²) in [6.45, 7) is 8.80. The molecule has 8 aromatic carbocycles. The van der Waals surface area contributed by atoms with Gasteiger partial charge in [0.15, 0.2) is 0 Å². The van der Waals surface area contributed by atoms with E-state index in [1.165, 1.54) is 83.5 Å². The monoisotopic (exact) mass is 753 g/mol. The van der Waals surface area contributed by atoms with Gasteiger partial charge in [0.05, 0.1) is 11.1 Å². The standard InChI is InChI=1S/C58H43N/c1-4-5-21-49-47-26-12-17-30-53(47)58(51-28-15-10-24-45(51)46-25-11-16-29-52(46)58)56(49)40-32-34-41(35-33-40)59(55-31-18-13-22-43(55)39-19-7-6-8-20-39)42-36-37-48-44-23-9-14-27-50(44)57(2,3)54(48)38-42/h4-38H,1H2,2-3H3/b21-5-. The first-order valence-corrected chi connectivity index (χ1v) is 20.6. The van der Waals surface area contributed by atoms with Gasteiger partial charge in [0.1, 0.15) is 0 Å². The Bertz CT molecular complexity index is 2980. The summed E-state index contributed by atoms with van der Waals surface area (Å²) in [4.78, 5) is 2.46. The van der Waals surface area contributed by atoms with E-state index in [2.05, 4.69) is 232 Å². The number of benzene rings is 8. The minimum atomic E-state index is -0.480. The van der Waals surface area contributed by atoms with Gasteiger partial charge >= 0.3 is 0 Å². The highest BCUT2D eigenvalue weighted by Crippen LogP contribution is 2.64. The Kier molecular flexibility index (Phi) is 7.97. The average Bonchev–Trinajstić information content (AvgIpc) is 3.84. The van der Waals surface area contributed by atoms with E-state index in [0.29, 0.717) is 0 Å². The van der Waals surface area contributed by atoms with Crippen molar-refractivity contribution in [2.75, 3.05) is 4.90 Å². The van der Waals surface area contributed by atoms with Crippen molar-refractivity contribution in [2.45, 2.75) is 24.7 Å². The summed E-state index contributed by atoms with van der Waals surface area (Å²) in [6.07, 6.45) is 6.23. The van der Waals surface area contributed by atoms with Gasteiger partial charge in [-0.3, -0.25) is 0 Å². The van der Waals surface area contributed by atoms with Gasteiger partial charge in [-0.05, 0) is 108 Å². The Hall–Kier alpha value is -7.22. The van der Waals surface area contributed by atoms with E-state index >= 15 is 0 Å². The number of fused-ring (bicyclic) bond motifs is 10. The van der Waals surface area contributed by atoms with Crippen molar-refractivity contribution in [1.82, 2.24) is 0 Å². The van der Waals surface area contributed by atoms with E-state index < -0.39 is 5.41 Å².